The molecule has 1 saturated heterocycles. The SMILES string of the molecule is CCS(=O)(=O)Nc1nc(-c2ccc(F)cc2)c(-c2ccnc(Nc3ccc(N4CCN(C)CC4)cc3)n2)s1. The van der Waals surface area contributed by atoms with Gasteiger partial charge in [0.1, 0.15) is 5.82 Å². The van der Waals surface area contributed by atoms with E-state index in [0.717, 1.165) is 43.2 Å². The molecule has 2 aromatic carbocycles. The Morgan fingerprint density at radius 3 is 2.37 bits per heavy atom. The highest BCUT2D eigenvalue weighted by Gasteiger charge is 2.20. The average Bonchev–Trinajstić information content (AvgIpc) is 3.33. The summed E-state index contributed by atoms with van der Waals surface area (Å²) >= 11 is 1.16. The number of halogens is 1. The van der Waals surface area contributed by atoms with Gasteiger partial charge in [-0.15, -0.1) is 0 Å². The summed E-state index contributed by atoms with van der Waals surface area (Å²) in [6.07, 6.45) is 1.63. The van der Waals surface area contributed by atoms with Crippen LogP contribution in [0.5, 0.6) is 0 Å². The summed E-state index contributed by atoms with van der Waals surface area (Å²) in [6.45, 7) is 5.63. The molecule has 4 aromatic rings. The summed E-state index contributed by atoms with van der Waals surface area (Å²) in [4.78, 5) is 18.9. The molecule has 0 atom stereocenters. The van der Waals surface area contributed by atoms with Gasteiger partial charge in [0, 0.05) is 49.3 Å². The maximum Gasteiger partial charge on any atom is 0.234 e. The number of nitrogens with zero attached hydrogens (tertiary/aromatic N) is 5. The lowest BCUT2D eigenvalue weighted by Gasteiger charge is -2.34. The molecule has 0 saturated carbocycles. The number of rotatable bonds is 8. The van der Waals surface area contributed by atoms with Gasteiger partial charge in [-0.1, -0.05) is 11.3 Å². The predicted octanol–water partition coefficient (Wildman–Crippen LogP) is 4.66. The van der Waals surface area contributed by atoms with Crippen LogP contribution in [0.4, 0.5) is 26.8 Å². The normalized spacial score (nSPS) is 14.4. The highest BCUT2D eigenvalue weighted by Crippen LogP contribution is 2.39. The van der Waals surface area contributed by atoms with Gasteiger partial charge >= 0.3 is 0 Å². The summed E-state index contributed by atoms with van der Waals surface area (Å²) in [6, 6.07) is 15.8. The summed E-state index contributed by atoms with van der Waals surface area (Å²) in [7, 11) is -1.39. The van der Waals surface area contributed by atoms with Crippen molar-refractivity contribution in [1.29, 1.82) is 0 Å². The van der Waals surface area contributed by atoms with Crippen molar-refractivity contribution in [2.24, 2.45) is 0 Å². The molecule has 2 aromatic heterocycles. The molecule has 9 nitrogen and oxygen atoms in total. The Kier molecular flexibility index (Phi) is 7.54. The Labute approximate surface area is 225 Å². The molecular formula is C26H28FN7O2S2. The zero-order valence-electron chi connectivity index (χ0n) is 21.1. The second kappa shape index (κ2) is 11.0. The molecule has 198 valence electrons. The van der Waals surface area contributed by atoms with Crippen LogP contribution in [-0.2, 0) is 10.0 Å². The van der Waals surface area contributed by atoms with Crippen LogP contribution in [-0.4, -0.2) is 67.2 Å². The Bertz CT molecular complexity index is 1500. The largest absolute Gasteiger partial charge is 0.369 e. The molecule has 3 heterocycles. The molecule has 38 heavy (non-hydrogen) atoms. The van der Waals surface area contributed by atoms with Gasteiger partial charge in [-0.25, -0.2) is 27.8 Å². The molecule has 0 spiro atoms. The number of sulfonamides is 1. The molecule has 0 unspecified atom stereocenters. The van der Waals surface area contributed by atoms with Crippen LogP contribution in [0.3, 0.4) is 0 Å². The molecule has 12 heteroatoms. The smallest absolute Gasteiger partial charge is 0.234 e. The van der Waals surface area contributed by atoms with Crippen molar-refractivity contribution in [2.75, 3.05) is 53.9 Å². The van der Waals surface area contributed by atoms with E-state index in [0.29, 0.717) is 27.8 Å². The molecular weight excluding hydrogens is 525 g/mol. The molecule has 1 aliphatic rings. The second-order valence-corrected chi connectivity index (χ2v) is 11.9. The number of anilines is 4. The molecule has 0 radical (unpaired) electrons. The van der Waals surface area contributed by atoms with Crippen LogP contribution in [0.15, 0.2) is 60.8 Å². The fraction of sp³-hybridized carbons (Fsp3) is 0.269. The average molecular weight is 554 g/mol. The first-order valence-electron chi connectivity index (χ1n) is 12.2. The van der Waals surface area contributed by atoms with Crippen molar-refractivity contribution in [3.63, 3.8) is 0 Å². The third-order valence-corrected chi connectivity index (χ3v) is 8.63. The first-order valence-corrected chi connectivity index (χ1v) is 14.7. The van der Waals surface area contributed by atoms with Gasteiger partial charge in [-0.05, 0) is 68.6 Å². The molecule has 2 N–H and O–H groups in total. The van der Waals surface area contributed by atoms with Gasteiger partial charge in [-0.3, -0.25) is 4.72 Å². The van der Waals surface area contributed by atoms with Gasteiger partial charge in [-0.2, -0.15) is 0 Å². The molecule has 0 amide bonds. The van der Waals surface area contributed by atoms with E-state index in [1.54, 1.807) is 31.3 Å². The van der Waals surface area contributed by atoms with Crippen LogP contribution >= 0.6 is 11.3 Å². The van der Waals surface area contributed by atoms with Crippen molar-refractivity contribution < 1.29 is 12.8 Å². The van der Waals surface area contributed by atoms with E-state index < -0.39 is 10.0 Å². The molecule has 5 rings (SSSR count). The number of hydrogen-bond acceptors (Lipinski definition) is 9. The van der Waals surface area contributed by atoms with Crippen molar-refractivity contribution >= 4 is 43.8 Å². The zero-order chi connectivity index (χ0) is 26.7. The monoisotopic (exact) mass is 553 g/mol. The molecule has 1 aliphatic heterocycles. The number of nitrogens with one attached hydrogen (secondary N) is 2. The first-order chi connectivity index (χ1) is 18.3. The van der Waals surface area contributed by atoms with E-state index in [1.807, 2.05) is 12.1 Å². The summed E-state index contributed by atoms with van der Waals surface area (Å²) in [5.74, 6) is -0.0585. The Morgan fingerprint density at radius 1 is 0.974 bits per heavy atom. The van der Waals surface area contributed by atoms with Gasteiger partial charge in [0.25, 0.3) is 0 Å². The van der Waals surface area contributed by atoms with E-state index in [4.69, 9.17) is 0 Å². The zero-order valence-corrected chi connectivity index (χ0v) is 22.7. The van der Waals surface area contributed by atoms with E-state index in [-0.39, 0.29) is 16.7 Å². The van der Waals surface area contributed by atoms with Gasteiger partial charge in [0.05, 0.1) is 22.0 Å². The van der Waals surface area contributed by atoms with Crippen molar-refractivity contribution in [3.8, 4) is 21.8 Å². The standard InChI is InChI=1S/C26H28FN7O2S2/c1-3-38(35,36)32-26-31-23(18-4-6-19(27)7-5-18)24(37-26)22-12-13-28-25(30-22)29-20-8-10-21(11-9-20)34-16-14-33(2)15-17-34/h4-13H,3,14-17H2,1-2H3,(H,31,32)(H,28,29,30). The summed E-state index contributed by atoms with van der Waals surface area (Å²) in [5, 5.41) is 3.46. The fourth-order valence-corrected chi connectivity index (χ4v) is 5.85. The number of piperazine rings is 1. The van der Waals surface area contributed by atoms with E-state index in [9.17, 15) is 12.8 Å². The predicted molar refractivity (Wildman–Crippen MR) is 151 cm³/mol. The Balaban J connectivity index is 1.41. The lowest BCUT2D eigenvalue weighted by atomic mass is 10.1. The second-order valence-electron chi connectivity index (χ2n) is 8.94. The number of aromatic nitrogens is 3. The molecule has 1 fully saturated rings. The fourth-order valence-electron chi connectivity index (χ4n) is 4.04. The van der Waals surface area contributed by atoms with Crippen molar-refractivity contribution in [2.45, 2.75) is 6.92 Å². The maximum absolute atomic E-state index is 13.6. The number of benzene rings is 2. The highest BCUT2D eigenvalue weighted by molar-refractivity contribution is 7.92. The van der Waals surface area contributed by atoms with Crippen LogP contribution < -0.4 is 14.9 Å². The number of thiazole rings is 1. The van der Waals surface area contributed by atoms with Crippen molar-refractivity contribution in [1.82, 2.24) is 19.9 Å². The van der Waals surface area contributed by atoms with Gasteiger partial charge in [0.15, 0.2) is 5.13 Å². The van der Waals surface area contributed by atoms with Crippen LogP contribution in [0.1, 0.15) is 6.92 Å². The number of likely N-dealkylation sites (N-methyl/N-ethyl adjacent to an activating group) is 1. The highest BCUT2D eigenvalue weighted by atomic mass is 32.2. The van der Waals surface area contributed by atoms with Gasteiger partial charge in [0.2, 0.25) is 16.0 Å². The van der Waals surface area contributed by atoms with E-state index in [2.05, 4.69) is 54.0 Å². The van der Waals surface area contributed by atoms with E-state index in [1.165, 1.54) is 17.8 Å². The first kappa shape index (κ1) is 26.0. The Hall–Kier alpha value is -3.61. The lowest BCUT2D eigenvalue weighted by Crippen LogP contribution is -2.44. The third-order valence-electron chi connectivity index (χ3n) is 6.25. The molecule has 0 bridgehead atoms. The summed E-state index contributed by atoms with van der Waals surface area (Å²) < 4.78 is 40.4. The van der Waals surface area contributed by atoms with Crippen LogP contribution in [0.2, 0.25) is 0 Å². The molecule has 0 aliphatic carbocycles. The quantitative estimate of drug-likeness (QED) is 0.325. The topological polar surface area (TPSA) is 103 Å². The minimum Gasteiger partial charge on any atom is -0.369 e. The minimum absolute atomic E-state index is 0.0804. The third kappa shape index (κ3) is 6.09. The number of hydrogen-bond donors (Lipinski definition) is 2. The maximum atomic E-state index is 13.6. The van der Waals surface area contributed by atoms with Crippen LogP contribution in [0, 0.1) is 5.82 Å². The van der Waals surface area contributed by atoms with Gasteiger partial charge < -0.3 is 15.1 Å². The van der Waals surface area contributed by atoms with Crippen molar-refractivity contribution in [3.05, 3.63) is 66.6 Å². The Morgan fingerprint density at radius 2 is 1.68 bits per heavy atom. The van der Waals surface area contributed by atoms with Crippen LogP contribution in [0.25, 0.3) is 21.8 Å². The summed E-state index contributed by atoms with van der Waals surface area (Å²) in [5.41, 5.74) is 3.74. The minimum atomic E-state index is -3.52. The van der Waals surface area contributed by atoms with E-state index >= 15 is 0 Å². The lowest BCUT2D eigenvalue weighted by molar-refractivity contribution is 0.313.